The maximum absolute atomic E-state index is 15.5. The van der Waals surface area contributed by atoms with Gasteiger partial charge in [0.15, 0.2) is 5.82 Å². The quantitative estimate of drug-likeness (QED) is 0.346. The molecule has 0 N–H and O–H groups in total. The highest BCUT2D eigenvalue weighted by Gasteiger charge is 2.49. The van der Waals surface area contributed by atoms with E-state index in [1.165, 1.54) is 0 Å². The van der Waals surface area contributed by atoms with Crippen LogP contribution in [0.25, 0.3) is 10.9 Å². The summed E-state index contributed by atoms with van der Waals surface area (Å²) in [5.41, 5.74) is -0.985. The van der Waals surface area contributed by atoms with Crippen LogP contribution in [0.15, 0.2) is 22.2 Å². The number of piperazine rings is 1. The first kappa shape index (κ1) is 28.8. The molecule has 4 aliphatic rings. The standard InChI is InChI=1S/C28H32BrClF3N5O3/c1-27(2,3)41-26(39)38-16-5-6-17(38)13-36(12-16)24-18-9-19(30)20(29)21(31)22(18)34-25(35-24)40-14-28-7-4-8-37(28)11-15(10-28)23(32)33/h9,16-17H,4-8,10-14H2,1-3H3. The minimum atomic E-state index is -1.63. The fourth-order valence-electron chi connectivity index (χ4n) is 6.80. The van der Waals surface area contributed by atoms with Crippen molar-refractivity contribution >= 4 is 50.3 Å². The van der Waals surface area contributed by atoms with Crippen molar-refractivity contribution in [2.45, 2.75) is 76.1 Å². The van der Waals surface area contributed by atoms with Crippen LogP contribution >= 0.6 is 27.5 Å². The fraction of sp³-hybridized carbons (Fsp3) is 0.607. The lowest BCUT2D eigenvalue weighted by atomic mass is 9.94. The summed E-state index contributed by atoms with van der Waals surface area (Å²) in [5.74, 6) is -0.177. The highest BCUT2D eigenvalue weighted by molar-refractivity contribution is 9.10. The summed E-state index contributed by atoms with van der Waals surface area (Å²) < 4.78 is 54.3. The number of carbonyl (C=O) groups excluding carboxylic acids is 1. The first-order valence-electron chi connectivity index (χ1n) is 13.9. The Morgan fingerprint density at radius 1 is 1.22 bits per heavy atom. The van der Waals surface area contributed by atoms with E-state index in [9.17, 15) is 13.6 Å². The number of ether oxygens (including phenoxy) is 2. The van der Waals surface area contributed by atoms with Crippen molar-refractivity contribution in [3.05, 3.63) is 33.0 Å². The van der Waals surface area contributed by atoms with Gasteiger partial charge >= 0.3 is 12.1 Å². The molecule has 41 heavy (non-hydrogen) atoms. The number of nitrogens with zero attached hydrogens (tertiary/aromatic N) is 5. The van der Waals surface area contributed by atoms with Gasteiger partial charge in [-0.2, -0.15) is 18.7 Å². The summed E-state index contributed by atoms with van der Waals surface area (Å²) in [6, 6.07) is 1.40. The van der Waals surface area contributed by atoms with E-state index in [1.807, 2.05) is 35.5 Å². The van der Waals surface area contributed by atoms with Crippen molar-refractivity contribution < 1.29 is 27.4 Å². The molecule has 1 aromatic carbocycles. The first-order chi connectivity index (χ1) is 19.3. The molecular weight excluding hydrogens is 627 g/mol. The monoisotopic (exact) mass is 657 g/mol. The zero-order chi connectivity index (χ0) is 29.3. The molecule has 0 radical (unpaired) electrons. The Labute approximate surface area is 249 Å². The van der Waals surface area contributed by atoms with Crippen LogP contribution in [-0.4, -0.2) is 81.9 Å². The van der Waals surface area contributed by atoms with Gasteiger partial charge < -0.3 is 14.4 Å². The molecular formula is C28H32BrClF3N5O3. The highest BCUT2D eigenvalue weighted by Crippen LogP contribution is 2.44. The van der Waals surface area contributed by atoms with E-state index in [0.717, 1.165) is 32.2 Å². The van der Waals surface area contributed by atoms with Gasteiger partial charge in [0.1, 0.15) is 23.5 Å². The molecule has 4 saturated heterocycles. The van der Waals surface area contributed by atoms with Gasteiger partial charge in [-0.1, -0.05) is 11.6 Å². The lowest BCUT2D eigenvalue weighted by molar-refractivity contribution is 0.0122. The summed E-state index contributed by atoms with van der Waals surface area (Å²) >= 11 is 9.56. The van der Waals surface area contributed by atoms with Crippen LogP contribution in [0.2, 0.25) is 5.02 Å². The molecule has 3 unspecified atom stereocenters. The maximum atomic E-state index is 15.5. The van der Waals surface area contributed by atoms with Crippen molar-refractivity contribution in [2.75, 3.05) is 37.7 Å². The van der Waals surface area contributed by atoms with Gasteiger partial charge in [0.05, 0.1) is 27.1 Å². The third-order valence-corrected chi connectivity index (χ3v) is 9.88. The second-order valence-corrected chi connectivity index (χ2v) is 13.7. The summed E-state index contributed by atoms with van der Waals surface area (Å²) in [7, 11) is 0. The Balaban J connectivity index is 1.32. The van der Waals surface area contributed by atoms with Gasteiger partial charge in [0, 0.05) is 30.6 Å². The number of amides is 1. The smallest absolute Gasteiger partial charge is 0.410 e. The minimum Gasteiger partial charge on any atom is -0.461 e. The molecule has 3 atom stereocenters. The Bertz CT molecular complexity index is 1420. The molecule has 1 aromatic heterocycles. The van der Waals surface area contributed by atoms with Gasteiger partial charge in [-0.3, -0.25) is 9.80 Å². The molecule has 4 fully saturated rings. The highest BCUT2D eigenvalue weighted by atomic mass is 79.9. The molecule has 0 saturated carbocycles. The number of benzene rings is 1. The molecule has 13 heteroatoms. The summed E-state index contributed by atoms with van der Waals surface area (Å²) in [5, 5.41) is 0.613. The molecule has 2 aromatic rings. The van der Waals surface area contributed by atoms with Crippen LogP contribution in [0.1, 0.15) is 52.9 Å². The molecule has 0 spiro atoms. The van der Waals surface area contributed by atoms with Crippen LogP contribution in [0.4, 0.5) is 23.8 Å². The van der Waals surface area contributed by atoms with Crippen LogP contribution in [0, 0.1) is 5.82 Å². The third-order valence-electron chi connectivity index (χ3n) is 8.57. The van der Waals surface area contributed by atoms with E-state index >= 15 is 4.39 Å². The molecule has 6 rings (SSSR count). The zero-order valence-electron chi connectivity index (χ0n) is 23.2. The van der Waals surface area contributed by atoms with Crippen LogP contribution < -0.4 is 9.64 Å². The molecule has 8 nitrogen and oxygen atoms in total. The number of hydrogen-bond donors (Lipinski definition) is 0. The Kier molecular flexibility index (Phi) is 7.34. The molecule has 0 aliphatic carbocycles. The van der Waals surface area contributed by atoms with Gasteiger partial charge in [0.2, 0.25) is 0 Å². The van der Waals surface area contributed by atoms with Crippen molar-refractivity contribution in [2.24, 2.45) is 0 Å². The van der Waals surface area contributed by atoms with E-state index in [2.05, 4.69) is 20.9 Å². The van der Waals surface area contributed by atoms with Crippen molar-refractivity contribution in [1.82, 2.24) is 19.8 Å². The Hall–Kier alpha value is -2.31. The minimum absolute atomic E-state index is 0.0260. The van der Waals surface area contributed by atoms with E-state index in [-0.39, 0.29) is 64.3 Å². The number of halogens is 5. The molecule has 222 valence electrons. The second-order valence-electron chi connectivity index (χ2n) is 12.5. The van der Waals surface area contributed by atoms with Crippen LogP contribution in [-0.2, 0) is 4.74 Å². The van der Waals surface area contributed by atoms with Gasteiger partial charge in [-0.15, -0.1) is 0 Å². The Morgan fingerprint density at radius 3 is 2.59 bits per heavy atom. The fourth-order valence-corrected chi connectivity index (χ4v) is 7.29. The molecule has 2 bridgehead atoms. The van der Waals surface area contributed by atoms with Gasteiger partial charge in [0.25, 0.3) is 6.08 Å². The van der Waals surface area contributed by atoms with Gasteiger partial charge in [-0.25, -0.2) is 9.18 Å². The number of hydrogen-bond acceptors (Lipinski definition) is 7. The average molecular weight is 659 g/mol. The normalized spacial score (nSPS) is 26.2. The largest absolute Gasteiger partial charge is 0.461 e. The summed E-state index contributed by atoms with van der Waals surface area (Å²) in [4.78, 5) is 28.0. The summed E-state index contributed by atoms with van der Waals surface area (Å²) in [6.45, 7) is 7.52. The zero-order valence-corrected chi connectivity index (χ0v) is 25.5. The molecule has 4 aliphatic heterocycles. The van der Waals surface area contributed by atoms with Crippen molar-refractivity contribution in [3.8, 4) is 6.01 Å². The number of carbonyl (C=O) groups is 1. The predicted octanol–water partition coefficient (Wildman–Crippen LogP) is 6.54. The number of rotatable bonds is 4. The second kappa shape index (κ2) is 10.4. The number of anilines is 1. The lowest BCUT2D eigenvalue weighted by Crippen LogP contribution is -2.57. The van der Waals surface area contributed by atoms with Crippen LogP contribution in [0.3, 0.4) is 0 Å². The first-order valence-corrected chi connectivity index (χ1v) is 15.0. The van der Waals surface area contributed by atoms with E-state index in [4.69, 9.17) is 26.1 Å². The van der Waals surface area contributed by atoms with Gasteiger partial charge in [-0.05, 0) is 81.4 Å². The number of aromatic nitrogens is 2. The maximum Gasteiger partial charge on any atom is 0.410 e. The molecule has 1 amide bonds. The van der Waals surface area contributed by atoms with E-state index < -0.39 is 23.0 Å². The average Bonchev–Trinajstić information content (AvgIpc) is 3.53. The van der Waals surface area contributed by atoms with Crippen molar-refractivity contribution in [3.63, 3.8) is 0 Å². The van der Waals surface area contributed by atoms with E-state index in [0.29, 0.717) is 24.3 Å². The predicted molar refractivity (Wildman–Crippen MR) is 152 cm³/mol. The number of fused-ring (bicyclic) bond motifs is 4. The topological polar surface area (TPSA) is 71.0 Å². The summed E-state index contributed by atoms with van der Waals surface area (Å²) in [6.07, 6.45) is 1.48. The van der Waals surface area contributed by atoms with Crippen LogP contribution in [0.5, 0.6) is 6.01 Å². The van der Waals surface area contributed by atoms with Crippen molar-refractivity contribution in [1.29, 1.82) is 0 Å². The third kappa shape index (κ3) is 5.24. The Morgan fingerprint density at radius 2 is 1.93 bits per heavy atom. The van der Waals surface area contributed by atoms with E-state index in [1.54, 1.807) is 6.07 Å². The lowest BCUT2D eigenvalue weighted by Gasteiger charge is -2.42. The molecule has 5 heterocycles. The SMILES string of the molecule is CC(C)(C)OC(=O)N1C2CCC1CN(c1nc(OCC34CCCN3CC(=C(F)F)C4)nc3c(F)c(Br)c(Cl)cc13)C2.